The number of unbranched alkanes of at least 4 members (excludes halogenated alkanes) is 17. The molecular formula is C26H56O2. The van der Waals surface area contributed by atoms with Crippen molar-refractivity contribution in [2.75, 3.05) is 13.2 Å². The molecule has 0 aromatic rings. The minimum atomic E-state index is 0.369. The first-order chi connectivity index (χ1) is 13.7. The first-order valence-electron chi connectivity index (χ1n) is 12.9. The summed E-state index contributed by atoms with van der Waals surface area (Å²) in [5, 5.41) is 17.2. The smallest absolute Gasteiger partial charge is 0.0431 e. The summed E-state index contributed by atoms with van der Waals surface area (Å²) in [6.07, 6.45) is 26.7. The molecule has 0 aromatic heterocycles. The number of aliphatic hydroxyl groups excluding tert-OH is 2. The summed E-state index contributed by atoms with van der Waals surface area (Å²) in [6, 6.07) is 0. The largest absolute Gasteiger partial charge is 0.396 e. The van der Waals surface area contributed by atoms with Crippen LogP contribution < -0.4 is 0 Å². The lowest BCUT2D eigenvalue weighted by Crippen LogP contribution is -1.87. The quantitative estimate of drug-likeness (QED) is 0.190. The molecule has 2 heteroatoms. The van der Waals surface area contributed by atoms with Crippen LogP contribution in [0, 0.1) is 5.92 Å². The van der Waals surface area contributed by atoms with Crippen LogP contribution in [0.3, 0.4) is 0 Å². The molecule has 2 N–H and O–H groups in total. The molecule has 0 heterocycles. The van der Waals surface area contributed by atoms with Crippen LogP contribution in [0.4, 0.5) is 0 Å². The van der Waals surface area contributed by atoms with Gasteiger partial charge in [0.2, 0.25) is 0 Å². The van der Waals surface area contributed by atoms with Gasteiger partial charge in [-0.25, -0.2) is 0 Å². The lowest BCUT2D eigenvalue weighted by molar-refractivity contribution is 0.282. The third-order valence-electron chi connectivity index (χ3n) is 5.45. The SMILES string of the molecule is CC(C)CCCCCCCCCCO.CCCCCCCCCCCCCO. The Balaban J connectivity index is 0. The molecule has 0 amide bonds. The van der Waals surface area contributed by atoms with Crippen LogP contribution >= 0.6 is 0 Å². The average Bonchev–Trinajstić information content (AvgIpc) is 2.68. The first kappa shape index (κ1) is 30.1. The third kappa shape index (κ3) is 33.5. The van der Waals surface area contributed by atoms with Crippen LogP contribution in [0.2, 0.25) is 0 Å². The summed E-state index contributed by atoms with van der Waals surface area (Å²) in [7, 11) is 0. The summed E-state index contributed by atoms with van der Waals surface area (Å²) in [4.78, 5) is 0. The van der Waals surface area contributed by atoms with E-state index in [0.717, 1.165) is 18.8 Å². The Morgan fingerprint density at radius 1 is 0.429 bits per heavy atom. The third-order valence-corrected chi connectivity index (χ3v) is 5.45. The Morgan fingerprint density at radius 3 is 1.00 bits per heavy atom. The number of aliphatic hydroxyl groups is 2. The number of rotatable bonds is 21. The molecule has 0 unspecified atom stereocenters. The van der Waals surface area contributed by atoms with Crippen LogP contribution in [-0.2, 0) is 0 Å². The van der Waals surface area contributed by atoms with Gasteiger partial charge in [0.1, 0.15) is 0 Å². The zero-order valence-electron chi connectivity index (χ0n) is 20.0. The highest BCUT2D eigenvalue weighted by atomic mass is 16.3. The Kier molecular flexibility index (Phi) is 31.3. The molecule has 0 bridgehead atoms. The van der Waals surface area contributed by atoms with Gasteiger partial charge >= 0.3 is 0 Å². The van der Waals surface area contributed by atoms with Gasteiger partial charge in [0, 0.05) is 13.2 Å². The lowest BCUT2D eigenvalue weighted by Gasteiger charge is -2.04. The normalized spacial score (nSPS) is 10.9. The molecule has 0 aliphatic carbocycles. The summed E-state index contributed by atoms with van der Waals surface area (Å²) < 4.78 is 0. The fourth-order valence-electron chi connectivity index (χ4n) is 3.50. The van der Waals surface area contributed by atoms with Crippen molar-refractivity contribution in [1.29, 1.82) is 0 Å². The number of hydrogen-bond donors (Lipinski definition) is 2. The van der Waals surface area contributed by atoms with Gasteiger partial charge < -0.3 is 10.2 Å². The molecule has 0 radical (unpaired) electrons. The second-order valence-electron chi connectivity index (χ2n) is 8.99. The molecule has 2 nitrogen and oxygen atoms in total. The van der Waals surface area contributed by atoms with Crippen LogP contribution in [0.25, 0.3) is 0 Å². The van der Waals surface area contributed by atoms with Crippen molar-refractivity contribution in [2.24, 2.45) is 5.92 Å². The Bertz CT molecular complexity index is 229. The number of hydrogen-bond acceptors (Lipinski definition) is 2. The lowest BCUT2D eigenvalue weighted by atomic mass is 10.0. The van der Waals surface area contributed by atoms with Crippen LogP contribution in [0.15, 0.2) is 0 Å². The van der Waals surface area contributed by atoms with Crippen molar-refractivity contribution in [3.8, 4) is 0 Å². The van der Waals surface area contributed by atoms with E-state index in [1.54, 1.807) is 0 Å². The van der Waals surface area contributed by atoms with Gasteiger partial charge in [0.15, 0.2) is 0 Å². The van der Waals surface area contributed by atoms with Gasteiger partial charge in [-0.05, 0) is 18.8 Å². The predicted molar refractivity (Wildman–Crippen MR) is 127 cm³/mol. The molecule has 0 rings (SSSR count). The van der Waals surface area contributed by atoms with Gasteiger partial charge in [0.05, 0.1) is 0 Å². The van der Waals surface area contributed by atoms with E-state index >= 15 is 0 Å². The maximum absolute atomic E-state index is 8.59. The standard InChI is InChI=1S/2C13H28O/c1-13(2)11-9-7-5-3-4-6-8-10-12-14;1-2-3-4-5-6-7-8-9-10-11-12-13-14/h13-14H,3-12H2,1-2H3;14H,2-13H2,1H3. The maximum Gasteiger partial charge on any atom is 0.0431 e. The Labute approximate surface area is 178 Å². The van der Waals surface area contributed by atoms with Crippen LogP contribution in [0.1, 0.15) is 149 Å². The van der Waals surface area contributed by atoms with Crippen LogP contribution in [0.5, 0.6) is 0 Å². The van der Waals surface area contributed by atoms with E-state index in [-0.39, 0.29) is 0 Å². The van der Waals surface area contributed by atoms with E-state index in [2.05, 4.69) is 20.8 Å². The molecule has 0 aliphatic heterocycles. The van der Waals surface area contributed by atoms with Crippen molar-refractivity contribution in [3.05, 3.63) is 0 Å². The summed E-state index contributed by atoms with van der Waals surface area (Å²) in [5.41, 5.74) is 0. The Hall–Kier alpha value is -0.0800. The average molecular weight is 401 g/mol. The fourth-order valence-corrected chi connectivity index (χ4v) is 3.50. The highest BCUT2D eigenvalue weighted by Gasteiger charge is 1.95. The molecule has 0 fully saturated rings. The molecule has 172 valence electrons. The summed E-state index contributed by atoms with van der Waals surface area (Å²) in [5.74, 6) is 0.875. The zero-order valence-corrected chi connectivity index (χ0v) is 20.0. The van der Waals surface area contributed by atoms with Crippen molar-refractivity contribution in [3.63, 3.8) is 0 Å². The summed E-state index contributed by atoms with van der Waals surface area (Å²) in [6.45, 7) is 7.61. The minimum absolute atomic E-state index is 0.369. The zero-order chi connectivity index (χ0) is 21.1. The molecule has 0 atom stereocenters. The summed E-state index contributed by atoms with van der Waals surface area (Å²) >= 11 is 0. The highest BCUT2D eigenvalue weighted by Crippen LogP contribution is 2.12. The molecule has 0 aliphatic rings. The van der Waals surface area contributed by atoms with E-state index in [4.69, 9.17) is 10.2 Å². The predicted octanol–water partition coefficient (Wildman–Crippen LogP) is 8.44. The highest BCUT2D eigenvalue weighted by molar-refractivity contribution is 4.49. The van der Waals surface area contributed by atoms with E-state index in [1.807, 2.05) is 0 Å². The molecule has 0 spiro atoms. The van der Waals surface area contributed by atoms with Crippen LogP contribution in [-0.4, -0.2) is 23.4 Å². The molecule has 0 saturated heterocycles. The Morgan fingerprint density at radius 2 is 0.714 bits per heavy atom. The van der Waals surface area contributed by atoms with Crippen molar-refractivity contribution in [1.82, 2.24) is 0 Å². The topological polar surface area (TPSA) is 40.5 Å². The van der Waals surface area contributed by atoms with Crippen molar-refractivity contribution < 1.29 is 10.2 Å². The van der Waals surface area contributed by atoms with E-state index in [1.165, 1.54) is 116 Å². The maximum atomic E-state index is 8.59. The van der Waals surface area contributed by atoms with Gasteiger partial charge in [-0.3, -0.25) is 0 Å². The first-order valence-corrected chi connectivity index (χ1v) is 12.9. The molecule has 28 heavy (non-hydrogen) atoms. The minimum Gasteiger partial charge on any atom is -0.396 e. The fraction of sp³-hybridized carbons (Fsp3) is 1.00. The van der Waals surface area contributed by atoms with Gasteiger partial charge in [-0.2, -0.15) is 0 Å². The molecule has 0 aromatic carbocycles. The molecule has 0 saturated carbocycles. The molecular weight excluding hydrogens is 344 g/mol. The second kappa shape index (κ2) is 29.1. The van der Waals surface area contributed by atoms with Gasteiger partial charge in [0.25, 0.3) is 0 Å². The second-order valence-corrected chi connectivity index (χ2v) is 8.99. The van der Waals surface area contributed by atoms with Crippen molar-refractivity contribution in [2.45, 2.75) is 149 Å². The van der Waals surface area contributed by atoms with Gasteiger partial charge in [-0.15, -0.1) is 0 Å². The van der Waals surface area contributed by atoms with Gasteiger partial charge in [-0.1, -0.05) is 136 Å². The van der Waals surface area contributed by atoms with E-state index in [9.17, 15) is 0 Å². The van der Waals surface area contributed by atoms with E-state index in [0.29, 0.717) is 13.2 Å². The van der Waals surface area contributed by atoms with Crippen molar-refractivity contribution >= 4 is 0 Å². The van der Waals surface area contributed by atoms with E-state index < -0.39 is 0 Å². The monoisotopic (exact) mass is 400 g/mol.